The second-order valence-electron chi connectivity index (χ2n) is 3.74. The molecule has 0 aliphatic rings. The molecule has 1 aromatic carbocycles. The Labute approximate surface area is 101 Å². The van der Waals surface area contributed by atoms with E-state index in [1.165, 1.54) is 5.56 Å². The Kier molecular flexibility index (Phi) is 5.99. The lowest BCUT2D eigenvalue weighted by Gasteiger charge is -2.25. The highest BCUT2D eigenvalue weighted by molar-refractivity contribution is 7.94. The third-order valence-corrected chi connectivity index (χ3v) is 3.04. The maximum absolute atomic E-state index is 12.4. The van der Waals surface area contributed by atoms with Crippen LogP contribution in [0.3, 0.4) is 0 Å². The molecule has 3 heteroatoms. The molecule has 1 nitrogen and oxygen atoms in total. The first-order valence-corrected chi connectivity index (χ1v) is 6.07. The van der Waals surface area contributed by atoms with Gasteiger partial charge in [0, 0.05) is 23.9 Å². The van der Waals surface area contributed by atoms with E-state index < -0.39 is 0 Å². The van der Waals surface area contributed by atoms with Gasteiger partial charge in [-0.3, -0.25) is 4.90 Å². The number of benzene rings is 1. The molecule has 0 saturated heterocycles. The van der Waals surface area contributed by atoms with Crippen molar-refractivity contribution in [3.63, 3.8) is 0 Å². The second-order valence-corrected chi connectivity index (χ2v) is 4.29. The Morgan fingerprint density at radius 3 is 2.69 bits per heavy atom. The molecule has 1 atom stereocenters. The predicted octanol–water partition coefficient (Wildman–Crippen LogP) is 2.78. The minimum absolute atomic E-state index is 0.147. The molecule has 0 saturated carbocycles. The van der Waals surface area contributed by atoms with Gasteiger partial charge in [0.15, 0.2) is 0 Å². The van der Waals surface area contributed by atoms with E-state index in [4.69, 9.17) is 6.42 Å². The second kappa shape index (κ2) is 7.32. The van der Waals surface area contributed by atoms with E-state index >= 15 is 0 Å². The third kappa shape index (κ3) is 4.26. The quantitative estimate of drug-likeness (QED) is 0.700. The van der Waals surface area contributed by atoms with Crippen molar-refractivity contribution in [2.45, 2.75) is 12.5 Å². The SMILES string of the molecule is C#CCN(C)C(CSF)Cc1ccccc1. The van der Waals surface area contributed by atoms with Gasteiger partial charge in [-0.15, -0.1) is 6.42 Å². The number of rotatable bonds is 6. The van der Waals surface area contributed by atoms with Crippen LogP contribution in [0.1, 0.15) is 5.56 Å². The Morgan fingerprint density at radius 2 is 2.12 bits per heavy atom. The van der Waals surface area contributed by atoms with Crippen LogP contribution in [0.15, 0.2) is 30.3 Å². The summed E-state index contributed by atoms with van der Waals surface area (Å²) in [6.07, 6.45) is 6.09. The molecular weight excluding hydrogens is 221 g/mol. The van der Waals surface area contributed by atoms with Gasteiger partial charge in [0.25, 0.3) is 0 Å². The Bertz CT molecular complexity index is 334. The summed E-state index contributed by atoms with van der Waals surface area (Å²) in [7, 11) is 1.93. The third-order valence-electron chi connectivity index (χ3n) is 2.53. The number of hydrogen-bond donors (Lipinski definition) is 0. The first kappa shape index (κ1) is 13.1. The number of hydrogen-bond acceptors (Lipinski definition) is 2. The fourth-order valence-electron chi connectivity index (χ4n) is 1.57. The Hall–Kier alpha value is -0.980. The molecule has 1 unspecified atom stereocenters. The number of terminal acetylenes is 1. The van der Waals surface area contributed by atoms with E-state index in [0.717, 1.165) is 6.42 Å². The first-order chi connectivity index (χ1) is 7.77. The van der Waals surface area contributed by atoms with Crippen molar-refractivity contribution in [3.8, 4) is 12.3 Å². The molecule has 0 amide bonds. The number of halogens is 1. The zero-order valence-corrected chi connectivity index (χ0v) is 10.2. The lowest BCUT2D eigenvalue weighted by Crippen LogP contribution is -2.35. The lowest BCUT2D eigenvalue weighted by molar-refractivity contribution is 0.291. The van der Waals surface area contributed by atoms with Crippen molar-refractivity contribution in [2.24, 2.45) is 0 Å². The van der Waals surface area contributed by atoms with E-state index in [-0.39, 0.29) is 6.04 Å². The smallest absolute Gasteiger partial charge is 0.0599 e. The average Bonchev–Trinajstić information content (AvgIpc) is 2.30. The Balaban J connectivity index is 2.61. The van der Waals surface area contributed by atoms with Gasteiger partial charge in [-0.2, -0.15) is 3.89 Å². The van der Waals surface area contributed by atoms with E-state index in [1.807, 2.05) is 30.1 Å². The Morgan fingerprint density at radius 1 is 1.44 bits per heavy atom. The van der Waals surface area contributed by atoms with Crippen LogP contribution in [-0.2, 0) is 6.42 Å². The highest BCUT2D eigenvalue weighted by atomic mass is 32.2. The van der Waals surface area contributed by atoms with Crippen LogP contribution in [0.25, 0.3) is 0 Å². The summed E-state index contributed by atoms with van der Waals surface area (Å²) in [5, 5.41) is 0. The van der Waals surface area contributed by atoms with E-state index in [2.05, 4.69) is 18.1 Å². The summed E-state index contributed by atoms with van der Waals surface area (Å²) in [6, 6.07) is 10.2. The molecule has 0 aliphatic heterocycles. The minimum Gasteiger partial charge on any atom is -0.291 e. The number of likely N-dealkylation sites (N-methyl/N-ethyl adjacent to an activating group) is 1. The zero-order chi connectivity index (χ0) is 11.8. The molecule has 0 aliphatic carbocycles. The van der Waals surface area contributed by atoms with E-state index in [0.29, 0.717) is 24.4 Å². The zero-order valence-electron chi connectivity index (χ0n) is 9.40. The van der Waals surface area contributed by atoms with Crippen molar-refractivity contribution in [1.29, 1.82) is 0 Å². The van der Waals surface area contributed by atoms with Gasteiger partial charge >= 0.3 is 0 Å². The topological polar surface area (TPSA) is 3.24 Å². The van der Waals surface area contributed by atoms with Gasteiger partial charge in [0.2, 0.25) is 0 Å². The van der Waals surface area contributed by atoms with Gasteiger partial charge in [-0.25, -0.2) is 0 Å². The van der Waals surface area contributed by atoms with Gasteiger partial charge in [0.1, 0.15) is 0 Å². The van der Waals surface area contributed by atoms with Crippen LogP contribution in [0, 0.1) is 12.3 Å². The molecule has 0 N–H and O–H groups in total. The molecule has 86 valence electrons. The molecule has 16 heavy (non-hydrogen) atoms. The minimum atomic E-state index is 0.147. The summed E-state index contributed by atoms with van der Waals surface area (Å²) in [5.74, 6) is 3.04. The molecule has 0 radical (unpaired) electrons. The van der Waals surface area contributed by atoms with Crippen molar-refractivity contribution in [1.82, 2.24) is 4.90 Å². The van der Waals surface area contributed by atoms with E-state index in [9.17, 15) is 3.89 Å². The number of nitrogens with zero attached hydrogens (tertiary/aromatic N) is 1. The summed E-state index contributed by atoms with van der Waals surface area (Å²) < 4.78 is 12.4. The molecule has 1 aromatic rings. The summed E-state index contributed by atoms with van der Waals surface area (Å²) in [5.41, 5.74) is 1.21. The highest BCUT2D eigenvalue weighted by Gasteiger charge is 2.14. The van der Waals surface area contributed by atoms with Crippen LogP contribution in [0.2, 0.25) is 0 Å². The van der Waals surface area contributed by atoms with Gasteiger partial charge in [-0.05, 0) is 19.0 Å². The molecule has 0 fully saturated rings. The highest BCUT2D eigenvalue weighted by Crippen LogP contribution is 2.13. The van der Waals surface area contributed by atoms with Crippen LogP contribution in [-0.4, -0.2) is 30.3 Å². The van der Waals surface area contributed by atoms with Gasteiger partial charge in [0.05, 0.1) is 6.54 Å². The fraction of sp³-hybridized carbons (Fsp3) is 0.385. The lowest BCUT2D eigenvalue weighted by atomic mass is 10.1. The van der Waals surface area contributed by atoms with Crippen LogP contribution in [0.4, 0.5) is 3.89 Å². The van der Waals surface area contributed by atoms with Crippen LogP contribution in [0.5, 0.6) is 0 Å². The molecular formula is C13H16FNS. The van der Waals surface area contributed by atoms with Gasteiger partial charge in [-0.1, -0.05) is 36.3 Å². The molecule has 0 bridgehead atoms. The molecule has 0 aromatic heterocycles. The van der Waals surface area contributed by atoms with Crippen molar-refractivity contribution >= 4 is 12.1 Å². The summed E-state index contributed by atoms with van der Waals surface area (Å²) in [4.78, 5) is 2.01. The fourth-order valence-corrected chi connectivity index (χ4v) is 2.09. The first-order valence-electron chi connectivity index (χ1n) is 5.19. The molecule has 1 rings (SSSR count). The summed E-state index contributed by atoms with van der Waals surface area (Å²) >= 11 is 0.373. The van der Waals surface area contributed by atoms with E-state index in [1.54, 1.807) is 0 Å². The van der Waals surface area contributed by atoms with Crippen molar-refractivity contribution < 1.29 is 3.89 Å². The van der Waals surface area contributed by atoms with Crippen molar-refractivity contribution in [2.75, 3.05) is 19.3 Å². The standard InChI is InChI=1S/C13H16FNS/c1-3-9-15(2)13(11-16-14)10-12-7-5-4-6-8-12/h1,4-8,13H,9-11H2,2H3. The van der Waals surface area contributed by atoms with Crippen LogP contribution < -0.4 is 0 Å². The maximum Gasteiger partial charge on any atom is 0.0599 e. The van der Waals surface area contributed by atoms with Crippen LogP contribution >= 0.6 is 12.1 Å². The van der Waals surface area contributed by atoms with Crippen molar-refractivity contribution in [3.05, 3.63) is 35.9 Å². The maximum atomic E-state index is 12.4. The molecule has 0 heterocycles. The average molecular weight is 237 g/mol. The summed E-state index contributed by atoms with van der Waals surface area (Å²) in [6.45, 7) is 0.554. The normalized spacial score (nSPS) is 12.4. The van der Waals surface area contributed by atoms with Gasteiger partial charge < -0.3 is 0 Å². The molecule has 0 spiro atoms. The predicted molar refractivity (Wildman–Crippen MR) is 69.0 cm³/mol. The monoisotopic (exact) mass is 237 g/mol. The largest absolute Gasteiger partial charge is 0.291 e.